The number of nitrogens with zero attached hydrogens (tertiary/aromatic N) is 1. The zero-order chi connectivity index (χ0) is 17.1. The van der Waals surface area contributed by atoms with Crippen LogP contribution < -0.4 is 5.32 Å². The van der Waals surface area contributed by atoms with Gasteiger partial charge in [-0.05, 0) is 59.8 Å². The highest BCUT2D eigenvalue weighted by Crippen LogP contribution is 2.32. The summed E-state index contributed by atoms with van der Waals surface area (Å²) in [5.74, 6) is -0.0847. The van der Waals surface area contributed by atoms with Crippen molar-refractivity contribution < 1.29 is 4.79 Å². The Morgan fingerprint density at radius 3 is 2.62 bits per heavy atom. The van der Waals surface area contributed by atoms with Crippen molar-refractivity contribution in [1.29, 1.82) is 0 Å². The summed E-state index contributed by atoms with van der Waals surface area (Å²) in [6.07, 6.45) is 0. The van der Waals surface area contributed by atoms with Crippen LogP contribution in [0.25, 0.3) is 10.6 Å². The van der Waals surface area contributed by atoms with Crippen LogP contribution in [0.3, 0.4) is 0 Å². The van der Waals surface area contributed by atoms with Gasteiger partial charge in [0.15, 0.2) is 0 Å². The van der Waals surface area contributed by atoms with Gasteiger partial charge in [-0.2, -0.15) is 0 Å². The second kappa shape index (κ2) is 7.63. The topological polar surface area (TPSA) is 42.0 Å². The Hall–Kier alpha value is -1.44. The molecule has 1 amide bonds. The summed E-state index contributed by atoms with van der Waals surface area (Å²) in [4.78, 5) is 17.8. The van der Waals surface area contributed by atoms with Crippen molar-refractivity contribution in [2.24, 2.45) is 0 Å². The lowest BCUT2D eigenvalue weighted by atomic mass is 10.2. The van der Waals surface area contributed by atoms with E-state index >= 15 is 0 Å². The van der Waals surface area contributed by atoms with Crippen LogP contribution in [0, 0.1) is 10.5 Å². The van der Waals surface area contributed by atoms with Gasteiger partial charge in [-0.1, -0.05) is 29.8 Å². The number of aryl methyl sites for hydroxylation is 1. The van der Waals surface area contributed by atoms with Gasteiger partial charge in [-0.25, -0.2) is 4.98 Å². The molecular formula is C18H14ClIN2OS. The molecule has 0 aliphatic rings. The maximum atomic E-state index is 12.2. The Morgan fingerprint density at radius 1 is 1.21 bits per heavy atom. The second-order valence-corrected chi connectivity index (χ2v) is 7.93. The summed E-state index contributed by atoms with van der Waals surface area (Å²) in [7, 11) is 0. The molecule has 1 aromatic heterocycles. The molecule has 2 aromatic carbocycles. The highest BCUT2D eigenvalue weighted by atomic mass is 127. The van der Waals surface area contributed by atoms with Crippen LogP contribution >= 0.6 is 45.5 Å². The summed E-state index contributed by atoms with van der Waals surface area (Å²) >= 11 is 10.0. The summed E-state index contributed by atoms with van der Waals surface area (Å²) in [5.41, 5.74) is 2.49. The number of rotatable bonds is 4. The predicted octanol–water partition coefficient (Wildman–Crippen LogP) is 5.31. The molecule has 3 rings (SSSR count). The Bertz CT molecular complexity index is 877. The van der Waals surface area contributed by atoms with Crippen LogP contribution in [0.1, 0.15) is 20.9 Å². The van der Waals surface area contributed by atoms with E-state index in [2.05, 4.69) is 32.9 Å². The third-order valence-electron chi connectivity index (χ3n) is 3.51. The maximum Gasteiger partial charge on any atom is 0.251 e. The summed E-state index contributed by atoms with van der Waals surface area (Å²) < 4.78 is 1.10. The number of benzene rings is 2. The smallest absolute Gasteiger partial charge is 0.251 e. The number of thiazole rings is 1. The van der Waals surface area contributed by atoms with Crippen LogP contribution in [0.5, 0.6) is 0 Å². The molecule has 0 bridgehead atoms. The zero-order valence-corrected chi connectivity index (χ0v) is 16.6. The van der Waals surface area contributed by atoms with Crippen molar-refractivity contribution >= 4 is 51.4 Å². The molecule has 0 spiro atoms. The first-order valence-electron chi connectivity index (χ1n) is 7.29. The molecule has 0 atom stereocenters. The molecule has 0 unspecified atom stereocenters. The van der Waals surface area contributed by atoms with E-state index < -0.39 is 0 Å². The fourth-order valence-electron chi connectivity index (χ4n) is 2.21. The van der Waals surface area contributed by atoms with E-state index in [0.717, 1.165) is 24.7 Å². The molecule has 1 N–H and O–H groups in total. The number of hydrogen-bond acceptors (Lipinski definition) is 3. The summed E-state index contributed by atoms with van der Waals surface area (Å²) in [6, 6.07) is 15.1. The molecule has 3 aromatic rings. The van der Waals surface area contributed by atoms with Crippen LogP contribution in [0.2, 0.25) is 5.02 Å². The molecule has 0 aliphatic heterocycles. The number of carbonyl (C=O) groups is 1. The number of hydrogen-bond donors (Lipinski definition) is 1. The quantitative estimate of drug-likeness (QED) is 0.528. The average Bonchev–Trinajstić information content (AvgIpc) is 2.94. The lowest BCUT2D eigenvalue weighted by molar-refractivity contribution is 0.0951. The first-order chi connectivity index (χ1) is 11.5. The Morgan fingerprint density at radius 2 is 1.92 bits per heavy atom. The molecule has 0 saturated carbocycles. The van der Waals surface area contributed by atoms with Gasteiger partial charge in [0.05, 0.1) is 17.3 Å². The van der Waals surface area contributed by atoms with E-state index in [0.29, 0.717) is 17.1 Å². The van der Waals surface area contributed by atoms with Crippen molar-refractivity contribution in [3.63, 3.8) is 0 Å². The zero-order valence-electron chi connectivity index (χ0n) is 12.8. The van der Waals surface area contributed by atoms with E-state index in [9.17, 15) is 4.79 Å². The van der Waals surface area contributed by atoms with Gasteiger partial charge in [0.1, 0.15) is 5.01 Å². The van der Waals surface area contributed by atoms with Gasteiger partial charge in [-0.15, -0.1) is 11.3 Å². The molecule has 24 heavy (non-hydrogen) atoms. The van der Waals surface area contributed by atoms with Crippen LogP contribution in [-0.2, 0) is 6.54 Å². The molecule has 0 fully saturated rings. The van der Waals surface area contributed by atoms with Gasteiger partial charge < -0.3 is 5.32 Å². The van der Waals surface area contributed by atoms with Gasteiger partial charge in [0.2, 0.25) is 0 Å². The second-order valence-electron chi connectivity index (χ2n) is 5.20. The van der Waals surface area contributed by atoms with Gasteiger partial charge in [-0.3, -0.25) is 4.79 Å². The largest absolute Gasteiger partial charge is 0.347 e. The number of aromatic nitrogens is 1. The monoisotopic (exact) mass is 468 g/mol. The molecule has 1 heterocycles. The summed E-state index contributed by atoms with van der Waals surface area (Å²) in [6.45, 7) is 2.40. The van der Waals surface area contributed by atoms with Gasteiger partial charge >= 0.3 is 0 Å². The highest BCUT2D eigenvalue weighted by molar-refractivity contribution is 14.1. The molecular weight excluding hydrogens is 455 g/mol. The van der Waals surface area contributed by atoms with Crippen molar-refractivity contribution in [1.82, 2.24) is 10.3 Å². The van der Waals surface area contributed by atoms with Crippen LogP contribution in [0.15, 0.2) is 48.5 Å². The van der Waals surface area contributed by atoms with Crippen LogP contribution in [-0.4, -0.2) is 10.9 Å². The molecule has 3 nitrogen and oxygen atoms in total. The van der Waals surface area contributed by atoms with Crippen LogP contribution in [0.4, 0.5) is 0 Å². The highest BCUT2D eigenvalue weighted by Gasteiger charge is 2.13. The number of amides is 1. The third kappa shape index (κ3) is 3.96. The first-order valence-corrected chi connectivity index (χ1v) is 9.57. The Labute approximate surface area is 163 Å². The minimum absolute atomic E-state index is 0.0847. The summed E-state index contributed by atoms with van der Waals surface area (Å²) in [5, 5.41) is 4.50. The fourth-order valence-corrected chi connectivity index (χ4v) is 3.89. The standard InChI is InChI=1S/C18H14ClIN2OS/c1-11-16(10-21-17(23)12-6-8-13(20)9-7-12)24-18(22-11)14-4-2-3-5-15(14)19/h2-9H,10H2,1H3,(H,21,23). The predicted molar refractivity (Wildman–Crippen MR) is 108 cm³/mol. The minimum atomic E-state index is -0.0847. The van der Waals surface area contributed by atoms with Crippen molar-refractivity contribution in [3.05, 3.63) is 73.3 Å². The maximum absolute atomic E-state index is 12.2. The molecule has 0 aliphatic carbocycles. The van der Waals surface area contributed by atoms with Crippen molar-refractivity contribution in [3.8, 4) is 10.6 Å². The lowest BCUT2D eigenvalue weighted by Crippen LogP contribution is -2.22. The van der Waals surface area contributed by atoms with E-state index in [1.165, 1.54) is 0 Å². The first kappa shape index (κ1) is 17.4. The Kier molecular flexibility index (Phi) is 5.53. The lowest BCUT2D eigenvalue weighted by Gasteiger charge is -2.04. The Balaban J connectivity index is 1.73. The molecule has 6 heteroatoms. The van der Waals surface area contributed by atoms with E-state index in [4.69, 9.17) is 11.6 Å². The fraction of sp³-hybridized carbons (Fsp3) is 0.111. The molecule has 122 valence electrons. The van der Waals surface area contributed by atoms with E-state index in [1.54, 1.807) is 11.3 Å². The molecule has 0 radical (unpaired) electrons. The minimum Gasteiger partial charge on any atom is -0.347 e. The van der Waals surface area contributed by atoms with E-state index in [1.807, 2.05) is 55.5 Å². The number of halogens is 2. The van der Waals surface area contributed by atoms with Gasteiger partial charge in [0.25, 0.3) is 5.91 Å². The van der Waals surface area contributed by atoms with E-state index in [-0.39, 0.29) is 5.91 Å². The normalized spacial score (nSPS) is 10.6. The third-order valence-corrected chi connectivity index (χ3v) is 5.75. The average molecular weight is 469 g/mol. The molecule has 0 saturated heterocycles. The number of nitrogens with one attached hydrogen (secondary N) is 1. The SMILES string of the molecule is Cc1nc(-c2ccccc2Cl)sc1CNC(=O)c1ccc(I)cc1. The van der Waals surface area contributed by atoms with Crippen molar-refractivity contribution in [2.45, 2.75) is 13.5 Å². The van der Waals surface area contributed by atoms with Gasteiger partial charge in [0, 0.05) is 19.6 Å². The number of carbonyl (C=O) groups excluding carboxylic acids is 1. The van der Waals surface area contributed by atoms with Crippen molar-refractivity contribution in [2.75, 3.05) is 0 Å².